The maximum absolute atomic E-state index is 4.46. The minimum Gasteiger partial charge on any atom is -0.298 e. The van der Waals surface area contributed by atoms with Crippen LogP contribution in [0.5, 0.6) is 0 Å². The molecule has 0 N–H and O–H groups in total. The van der Waals surface area contributed by atoms with Crippen LogP contribution in [0.15, 0.2) is 54.3 Å². The van der Waals surface area contributed by atoms with Gasteiger partial charge in [-0.2, -0.15) is 5.10 Å². The molecule has 0 saturated carbocycles. The van der Waals surface area contributed by atoms with Crippen LogP contribution in [-0.4, -0.2) is 32.8 Å². The first-order chi connectivity index (χ1) is 13.2. The van der Waals surface area contributed by atoms with E-state index in [1.165, 1.54) is 32.5 Å². The van der Waals surface area contributed by atoms with Crippen molar-refractivity contribution in [2.75, 3.05) is 13.1 Å². The highest BCUT2D eigenvalue weighted by molar-refractivity contribution is 7.16. The quantitative estimate of drug-likeness (QED) is 0.536. The van der Waals surface area contributed by atoms with E-state index in [0.717, 1.165) is 38.0 Å². The van der Waals surface area contributed by atoms with E-state index < -0.39 is 0 Å². The number of nitrogens with zero attached hydrogens (tertiary/aromatic N) is 4. The van der Waals surface area contributed by atoms with Crippen molar-refractivity contribution in [1.29, 1.82) is 0 Å². The molecule has 2 aromatic carbocycles. The second-order valence-corrected chi connectivity index (χ2v) is 8.20. The zero-order valence-corrected chi connectivity index (χ0v) is 16.2. The summed E-state index contributed by atoms with van der Waals surface area (Å²) in [5, 5.41) is 4.30. The SMILES string of the molecule is Cn1cc(-c2ccc3c(c2)CCN(Cc2ccc4scnc4c2)CC3)cn1. The summed E-state index contributed by atoms with van der Waals surface area (Å²) in [4.78, 5) is 7.02. The molecular formula is C22H22N4S. The van der Waals surface area contributed by atoms with Gasteiger partial charge in [0.15, 0.2) is 0 Å². The first-order valence-corrected chi connectivity index (χ1v) is 10.3. The molecule has 0 fully saturated rings. The second-order valence-electron chi connectivity index (χ2n) is 7.32. The summed E-state index contributed by atoms with van der Waals surface area (Å²) in [5.74, 6) is 0. The van der Waals surface area contributed by atoms with E-state index in [0.29, 0.717) is 0 Å². The maximum Gasteiger partial charge on any atom is 0.0815 e. The number of rotatable bonds is 3. The van der Waals surface area contributed by atoms with Crippen LogP contribution >= 0.6 is 11.3 Å². The Morgan fingerprint density at radius 3 is 2.74 bits per heavy atom. The normalized spacial score (nSPS) is 15.0. The van der Waals surface area contributed by atoms with Gasteiger partial charge in [-0.25, -0.2) is 4.98 Å². The van der Waals surface area contributed by atoms with Gasteiger partial charge in [0, 0.05) is 38.4 Å². The van der Waals surface area contributed by atoms with E-state index in [2.05, 4.69) is 57.6 Å². The molecular weight excluding hydrogens is 352 g/mol. The van der Waals surface area contributed by atoms with Crippen molar-refractivity contribution in [1.82, 2.24) is 19.7 Å². The van der Waals surface area contributed by atoms with Crippen LogP contribution in [0.1, 0.15) is 16.7 Å². The molecule has 0 saturated heterocycles. The highest BCUT2D eigenvalue weighted by Gasteiger charge is 2.15. The molecule has 1 aliphatic heterocycles. The fourth-order valence-corrected chi connectivity index (χ4v) is 4.60. The molecule has 3 heterocycles. The Hall–Kier alpha value is -2.50. The van der Waals surface area contributed by atoms with Crippen molar-refractivity contribution < 1.29 is 0 Å². The van der Waals surface area contributed by atoms with Gasteiger partial charge in [0.25, 0.3) is 0 Å². The van der Waals surface area contributed by atoms with Crippen LogP contribution in [-0.2, 0) is 26.4 Å². The van der Waals surface area contributed by atoms with Crippen molar-refractivity contribution in [3.63, 3.8) is 0 Å². The molecule has 0 amide bonds. The van der Waals surface area contributed by atoms with Crippen molar-refractivity contribution in [3.8, 4) is 11.1 Å². The Balaban J connectivity index is 1.33. The molecule has 2 aromatic heterocycles. The molecule has 0 unspecified atom stereocenters. The Morgan fingerprint density at radius 2 is 1.89 bits per heavy atom. The summed E-state index contributed by atoms with van der Waals surface area (Å²) in [6.07, 6.45) is 6.24. The minimum atomic E-state index is 0.997. The third-order valence-corrected chi connectivity index (χ3v) is 6.25. The standard InChI is InChI=1S/C22H22N4S/c1-25-14-20(12-24-25)18-4-3-17-6-8-26(9-7-19(17)11-18)13-16-2-5-22-21(10-16)23-15-27-22/h2-5,10-12,14-15H,6-9,13H2,1H3. The average molecular weight is 375 g/mol. The fraction of sp³-hybridized carbons (Fsp3) is 0.273. The van der Waals surface area contributed by atoms with Gasteiger partial charge >= 0.3 is 0 Å². The summed E-state index contributed by atoms with van der Waals surface area (Å²) < 4.78 is 3.13. The van der Waals surface area contributed by atoms with Crippen LogP contribution < -0.4 is 0 Å². The molecule has 0 spiro atoms. The summed E-state index contributed by atoms with van der Waals surface area (Å²) in [7, 11) is 1.97. The van der Waals surface area contributed by atoms with E-state index in [1.54, 1.807) is 11.3 Å². The molecule has 0 atom stereocenters. The number of fused-ring (bicyclic) bond motifs is 2. The number of benzene rings is 2. The van der Waals surface area contributed by atoms with Gasteiger partial charge in [-0.3, -0.25) is 9.58 Å². The third kappa shape index (κ3) is 3.40. The number of hydrogen-bond donors (Lipinski definition) is 0. The third-order valence-electron chi connectivity index (χ3n) is 5.44. The topological polar surface area (TPSA) is 34.0 Å². The van der Waals surface area contributed by atoms with Crippen LogP contribution in [0.4, 0.5) is 0 Å². The molecule has 4 aromatic rings. The van der Waals surface area contributed by atoms with E-state index in [9.17, 15) is 0 Å². The van der Waals surface area contributed by atoms with Gasteiger partial charge in [0.2, 0.25) is 0 Å². The highest BCUT2D eigenvalue weighted by atomic mass is 32.1. The van der Waals surface area contributed by atoms with Crippen LogP contribution in [0, 0.1) is 0 Å². The predicted molar refractivity (Wildman–Crippen MR) is 111 cm³/mol. The largest absolute Gasteiger partial charge is 0.298 e. The zero-order chi connectivity index (χ0) is 18.2. The van der Waals surface area contributed by atoms with Crippen molar-refractivity contribution in [2.24, 2.45) is 7.05 Å². The maximum atomic E-state index is 4.46. The minimum absolute atomic E-state index is 0.997. The molecule has 0 bridgehead atoms. The number of thiazole rings is 1. The van der Waals surface area contributed by atoms with Crippen molar-refractivity contribution >= 4 is 21.6 Å². The lowest BCUT2D eigenvalue weighted by molar-refractivity contribution is 0.279. The van der Waals surface area contributed by atoms with Crippen LogP contribution in [0.2, 0.25) is 0 Å². The lowest BCUT2D eigenvalue weighted by Gasteiger charge is -2.19. The van der Waals surface area contributed by atoms with E-state index in [-0.39, 0.29) is 0 Å². The molecule has 1 aliphatic rings. The van der Waals surface area contributed by atoms with Crippen molar-refractivity contribution in [3.05, 3.63) is 71.0 Å². The van der Waals surface area contributed by atoms with E-state index in [1.807, 2.05) is 23.4 Å². The van der Waals surface area contributed by atoms with E-state index >= 15 is 0 Å². The lowest BCUT2D eigenvalue weighted by atomic mass is 9.98. The number of aryl methyl sites for hydroxylation is 1. The van der Waals surface area contributed by atoms with E-state index in [4.69, 9.17) is 0 Å². The molecule has 27 heavy (non-hydrogen) atoms. The first-order valence-electron chi connectivity index (χ1n) is 9.40. The summed E-state index contributed by atoms with van der Waals surface area (Å²) >= 11 is 1.71. The van der Waals surface area contributed by atoms with Gasteiger partial charge in [0.05, 0.1) is 21.9 Å². The van der Waals surface area contributed by atoms with Gasteiger partial charge in [0.1, 0.15) is 0 Å². The molecule has 5 rings (SSSR count). The Bertz CT molecular complexity index is 1090. The zero-order valence-electron chi connectivity index (χ0n) is 15.4. The summed E-state index contributed by atoms with van der Waals surface area (Å²) in [6, 6.07) is 13.6. The molecule has 136 valence electrons. The smallest absolute Gasteiger partial charge is 0.0815 e. The number of aromatic nitrogens is 3. The summed E-state index contributed by atoms with van der Waals surface area (Å²) in [5.41, 5.74) is 9.83. The van der Waals surface area contributed by atoms with Crippen LogP contribution in [0.3, 0.4) is 0 Å². The molecule has 0 aliphatic carbocycles. The average Bonchev–Trinajstić information content (AvgIpc) is 3.27. The Labute approximate surface area is 163 Å². The fourth-order valence-electron chi connectivity index (χ4n) is 3.94. The van der Waals surface area contributed by atoms with Crippen molar-refractivity contribution in [2.45, 2.75) is 19.4 Å². The van der Waals surface area contributed by atoms with Gasteiger partial charge in [-0.15, -0.1) is 11.3 Å². The van der Waals surface area contributed by atoms with Crippen LogP contribution in [0.25, 0.3) is 21.3 Å². The van der Waals surface area contributed by atoms with Gasteiger partial charge in [-0.1, -0.05) is 24.3 Å². The first kappa shape index (κ1) is 16.7. The molecule has 0 radical (unpaired) electrons. The monoisotopic (exact) mass is 374 g/mol. The van der Waals surface area contributed by atoms with Gasteiger partial charge in [-0.05, 0) is 47.2 Å². The molecule has 4 nitrogen and oxygen atoms in total. The number of hydrogen-bond acceptors (Lipinski definition) is 4. The Kier molecular flexibility index (Phi) is 4.26. The summed E-state index contributed by atoms with van der Waals surface area (Å²) in [6.45, 7) is 3.20. The van der Waals surface area contributed by atoms with Gasteiger partial charge < -0.3 is 0 Å². The highest BCUT2D eigenvalue weighted by Crippen LogP contribution is 2.25. The lowest BCUT2D eigenvalue weighted by Crippen LogP contribution is -2.25. The Morgan fingerprint density at radius 1 is 1.00 bits per heavy atom. The molecule has 5 heteroatoms. The second kappa shape index (κ2) is 6.91. The predicted octanol–water partition coefficient (Wildman–Crippen LogP) is 4.30.